The van der Waals surface area contributed by atoms with Gasteiger partial charge >= 0.3 is 5.97 Å². The second kappa shape index (κ2) is 34.0. The van der Waals surface area contributed by atoms with Crippen LogP contribution in [0, 0.1) is 0 Å². The third-order valence-electron chi connectivity index (χ3n) is 6.10. The van der Waals surface area contributed by atoms with E-state index in [1.807, 2.05) is 26.0 Å². The van der Waals surface area contributed by atoms with Crippen molar-refractivity contribution in [2.24, 2.45) is 0 Å². The molecule has 0 unspecified atom stereocenters. The number of rotatable bonds is 36. The van der Waals surface area contributed by atoms with Crippen molar-refractivity contribution in [2.75, 3.05) is 144 Å². The van der Waals surface area contributed by atoms with Crippen molar-refractivity contribution in [2.45, 2.75) is 39.7 Å². The lowest BCUT2D eigenvalue weighted by atomic mass is 10.2. The highest BCUT2D eigenvalue weighted by molar-refractivity contribution is 5.89. The van der Waals surface area contributed by atoms with Crippen LogP contribution in [0.5, 0.6) is 0 Å². The lowest BCUT2D eigenvalue weighted by molar-refractivity contribution is -0.0283. The van der Waals surface area contributed by atoms with E-state index >= 15 is 0 Å². The van der Waals surface area contributed by atoms with Gasteiger partial charge < -0.3 is 57.4 Å². The van der Waals surface area contributed by atoms with E-state index in [2.05, 4.69) is 12.2 Å². The Labute approximate surface area is 282 Å². The molecule has 1 aromatic carbocycles. The monoisotopic (exact) mass is 675 g/mol. The number of esters is 1. The summed E-state index contributed by atoms with van der Waals surface area (Å²) in [6, 6.07) is 7.29. The summed E-state index contributed by atoms with van der Waals surface area (Å²) < 4.78 is 59.8. The van der Waals surface area contributed by atoms with Gasteiger partial charge in [0.1, 0.15) is 6.61 Å². The van der Waals surface area contributed by atoms with Crippen LogP contribution in [-0.2, 0) is 52.1 Å². The summed E-state index contributed by atoms with van der Waals surface area (Å²) >= 11 is 0. The number of benzene rings is 1. The van der Waals surface area contributed by atoms with Gasteiger partial charge in [0.2, 0.25) is 0 Å². The Bertz CT molecular complexity index is 800. The summed E-state index contributed by atoms with van der Waals surface area (Å²) in [6.45, 7) is 16.7. The van der Waals surface area contributed by atoms with Gasteiger partial charge in [0.25, 0.3) is 0 Å². The van der Waals surface area contributed by atoms with Gasteiger partial charge in [-0.2, -0.15) is 0 Å². The van der Waals surface area contributed by atoms with Crippen molar-refractivity contribution in [3.05, 3.63) is 29.8 Å². The third-order valence-corrected chi connectivity index (χ3v) is 6.10. The molecule has 0 fully saturated rings. The van der Waals surface area contributed by atoms with E-state index in [1.54, 1.807) is 12.1 Å². The molecule has 0 saturated carbocycles. The van der Waals surface area contributed by atoms with E-state index in [9.17, 15) is 4.79 Å². The van der Waals surface area contributed by atoms with E-state index in [0.717, 1.165) is 25.1 Å². The first-order chi connectivity index (χ1) is 23.1. The molecule has 0 atom stereocenters. The molecule has 47 heavy (non-hydrogen) atoms. The third kappa shape index (κ3) is 29.9. The molecule has 0 spiro atoms. The summed E-state index contributed by atoms with van der Waals surface area (Å²) in [5.74, 6) is -0.360. The number of ether oxygens (including phenoxy) is 11. The zero-order valence-corrected chi connectivity index (χ0v) is 29.0. The van der Waals surface area contributed by atoms with Crippen LogP contribution < -0.4 is 5.32 Å². The molecule has 0 heterocycles. The number of nitrogens with one attached hydrogen (secondary N) is 1. The highest BCUT2D eigenvalue weighted by Crippen LogP contribution is 2.10. The zero-order chi connectivity index (χ0) is 33.9. The molecule has 0 aliphatic rings. The number of anilines is 1. The van der Waals surface area contributed by atoms with Gasteiger partial charge in [0.15, 0.2) is 0 Å². The molecule has 13 heteroatoms. The molecule has 1 aromatic rings. The Morgan fingerprint density at radius 2 is 0.872 bits per heavy atom. The highest BCUT2D eigenvalue weighted by atomic mass is 16.6. The Morgan fingerprint density at radius 3 is 1.21 bits per heavy atom. The highest BCUT2D eigenvalue weighted by Gasteiger charge is 2.07. The van der Waals surface area contributed by atoms with Gasteiger partial charge in [-0.3, -0.25) is 0 Å². The average Bonchev–Trinajstić information content (AvgIpc) is 3.07. The maximum Gasteiger partial charge on any atom is 0.338 e. The maximum atomic E-state index is 12.1. The summed E-state index contributed by atoms with van der Waals surface area (Å²) in [7, 11) is 0. The fourth-order valence-electron chi connectivity index (χ4n) is 3.61. The van der Waals surface area contributed by atoms with Crippen LogP contribution in [0.1, 0.15) is 44.0 Å². The summed E-state index contributed by atoms with van der Waals surface area (Å²) in [4.78, 5) is 12.1. The van der Waals surface area contributed by atoms with Crippen LogP contribution in [0.4, 0.5) is 5.69 Å². The fourth-order valence-corrected chi connectivity index (χ4v) is 3.61. The largest absolute Gasteiger partial charge is 0.460 e. The lowest BCUT2D eigenvalue weighted by Crippen LogP contribution is -2.16. The van der Waals surface area contributed by atoms with Gasteiger partial charge in [-0.25, -0.2) is 4.79 Å². The molecule has 1 N–H and O–H groups in total. The number of carbonyl (C=O) groups is 1. The average molecular weight is 676 g/mol. The quantitative estimate of drug-likeness (QED) is 0.0822. The molecule has 1 rings (SSSR count). The number of unbranched alkanes of at least 4 members (excludes halogenated alkanes) is 1. The molecule has 0 aliphatic heterocycles. The van der Waals surface area contributed by atoms with Crippen LogP contribution in [0.2, 0.25) is 0 Å². The minimum atomic E-state index is -0.360. The van der Waals surface area contributed by atoms with Crippen LogP contribution in [0.3, 0.4) is 0 Å². The molecule has 0 bridgehead atoms. The second-order valence-electron chi connectivity index (χ2n) is 10.4. The lowest BCUT2D eigenvalue weighted by Gasteiger charge is -2.09. The minimum absolute atomic E-state index is 0.192. The van der Waals surface area contributed by atoms with E-state index in [-0.39, 0.29) is 18.7 Å². The Hall–Kier alpha value is -1.91. The van der Waals surface area contributed by atoms with Gasteiger partial charge in [-0.1, -0.05) is 13.3 Å². The first kappa shape index (κ1) is 43.1. The van der Waals surface area contributed by atoms with Crippen molar-refractivity contribution < 1.29 is 56.9 Å². The molecule has 0 aliphatic carbocycles. The Balaban J connectivity index is 1.71. The topological polar surface area (TPSA) is 131 Å². The predicted octanol–water partition coefficient (Wildman–Crippen LogP) is 3.63. The van der Waals surface area contributed by atoms with Crippen molar-refractivity contribution in [3.63, 3.8) is 0 Å². The van der Waals surface area contributed by atoms with E-state index in [1.165, 1.54) is 0 Å². The standard InChI is InChI=1S/C34H61NO12/c1-4-5-10-35-33-8-6-32(7-9-33)34(36)47-30-28-45-26-24-43-22-20-41-18-16-39-14-12-37-11-13-38-15-17-40-19-21-42-23-25-44-27-29-46-31(2)3/h6-9,31,35H,4-5,10-30H2,1-3H3. The van der Waals surface area contributed by atoms with Crippen LogP contribution in [0.15, 0.2) is 24.3 Å². The molecule has 0 aromatic heterocycles. The summed E-state index contributed by atoms with van der Waals surface area (Å²) in [5.41, 5.74) is 1.52. The molecular weight excluding hydrogens is 614 g/mol. The molecule has 0 amide bonds. The molecule has 0 radical (unpaired) electrons. The van der Waals surface area contributed by atoms with Gasteiger partial charge in [0.05, 0.1) is 137 Å². The molecule has 13 nitrogen and oxygen atoms in total. The predicted molar refractivity (Wildman–Crippen MR) is 179 cm³/mol. The van der Waals surface area contributed by atoms with E-state index in [0.29, 0.717) is 131 Å². The van der Waals surface area contributed by atoms with Crippen LogP contribution in [0.25, 0.3) is 0 Å². The van der Waals surface area contributed by atoms with E-state index in [4.69, 9.17) is 52.1 Å². The number of carbonyl (C=O) groups excluding carboxylic acids is 1. The summed E-state index contributed by atoms with van der Waals surface area (Å²) in [5, 5.41) is 3.32. The normalized spacial score (nSPS) is 11.4. The van der Waals surface area contributed by atoms with Crippen molar-refractivity contribution >= 4 is 11.7 Å². The van der Waals surface area contributed by atoms with Crippen molar-refractivity contribution in [1.29, 1.82) is 0 Å². The fraction of sp³-hybridized carbons (Fsp3) is 0.794. The first-order valence-corrected chi connectivity index (χ1v) is 17.0. The Morgan fingerprint density at radius 1 is 0.532 bits per heavy atom. The second-order valence-corrected chi connectivity index (χ2v) is 10.4. The first-order valence-electron chi connectivity index (χ1n) is 17.0. The summed E-state index contributed by atoms with van der Waals surface area (Å²) in [6.07, 6.45) is 2.47. The van der Waals surface area contributed by atoms with Gasteiger partial charge in [-0.15, -0.1) is 0 Å². The molecule has 0 saturated heterocycles. The Kier molecular flexibility index (Phi) is 31.2. The minimum Gasteiger partial charge on any atom is -0.460 e. The number of hydrogen-bond acceptors (Lipinski definition) is 13. The zero-order valence-electron chi connectivity index (χ0n) is 29.0. The van der Waals surface area contributed by atoms with Crippen LogP contribution >= 0.6 is 0 Å². The number of hydrogen-bond donors (Lipinski definition) is 1. The maximum absolute atomic E-state index is 12.1. The van der Waals surface area contributed by atoms with Gasteiger partial charge in [0, 0.05) is 12.2 Å². The SMILES string of the molecule is CCCCNc1ccc(C(=O)OCCOCCOCCOCCOCCOCCOCCOCCOCCOCCOC(C)C)cc1. The molecular formula is C34H61NO12. The molecule has 274 valence electrons. The van der Waals surface area contributed by atoms with Crippen molar-refractivity contribution in [3.8, 4) is 0 Å². The smallest absolute Gasteiger partial charge is 0.338 e. The van der Waals surface area contributed by atoms with Crippen molar-refractivity contribution in [1.82, 2.24) is 0 Å². The van der Waals surface area contributed by atoms with E-state index < -0.39 is 0 Å². The van der Waals surface area contributed by atoms with Gasteiger partial charge in [-0.05, 0) is 44.5 Å². The van der Waals surface area contributed by atoms with Crippen LogP contribution in [-0.4, -0.2) is 151 Å².